The van der Waals surface area contributed by atoms with Crippen molar-refractivity contribution in [3.05, 3.63) is 65.7 Å². The molecule has 2 aromatic carbocycles. The van der Waals surface area contributed by atoms with Crippen molar-refractivity contribution in [1.82, 2.24) is 4.31 Å². The number of sulfonamides is 1. The van der Waals surface area contributed by atoms with E-state index in [0.29, 0.717) is 11.4 Å². The Morgan fingerprint density at radius 3 is 2.30 bits per heavy atom. The molecular weight excluding hydrogens is 306 g/mol. The van der Waals surface area contributed by atoms with Gasteiger partial charge in [-0.25, -0.2) is 8.42 Å². The lowest BCUT2D eigenvalue weighted by Crippen LogP contribution is -2.35. The summed E-state index contributed by atoms with van der Waals surface area (Å²) >= 11 is 0. The quantitative estimate of drug-likeness (QED) is 0.851. The van der Waals surface area contributed by atoms with E-state index >= 15 is 0 Å². The first-order valence-electron chi connectivity index (χ1n) is 8.16. The van der Waals surface area contributed by atoms with Gasteiger partial charge in [-0.15, -0.1) is 0 Å². The average Bonchev–Trinajstić information content (AvgIpc) is 3.01. The van der Waals surface area contributed by atoms with Crippen molar-refractivity contribution >= 4 is 10.0 Å². The second-order valence-electron chi connectivity index (χ2n) is 6.29. The molecule has 0 saturated carbocycles. The van der Waals surface area contributed by atoms with E-state index < -0.39 is 10.0 Å². The van der Waals surface area contributed by atoms with Crippen molar-refractivity contribution in [3.8, 4) is 0 Å². The number of nitrogens with zero attached hydrogens (tertiary/aromatic N) is 1. The molecule has 3 rings (SSSR count). The number of rotatable bonds is 4. The average molecular weight is 329 g/mol. The van der Waals surface area contributed by atoms with Gasteiger partial charge in [-0.2, -0.15) is 4.31 Å². The summed E-state index contributed by atoms with van der Waals surface area (Å²) in [4.78, 5) is 0.398. The monoisotopic (exact) mass is 329 g/mol. The largest absolute Gasteiger partial charge is 0.243 e. The molecule has 0 N–H and O–H groups in total. The van der Waals surface area contributed by atoms with E-state index in [0.717, 1.165) is 18.4 Å². The summed E-state index contributed by atoms with van der Waals surface area (Å²) in [7, 11) is -3.42. The molecule has 1 aliphatic heterocycles. The van der Waals surface area contributed by atoms with Crippen LogP contribution in [0.1, 0.15) is 36.8 Å². The zero-order valence-electron chi connectivity index (χ0n) is 13.6. The topological polar surface area (TPSA) is 37.4 Å². The molecular formula is C19H23NO2S. The van der Waals surface area contributed by atoms with Gasteiger partial charge in [0.15, 0.2) is 0 Å². The lowest BCUT2D eigenvalue weighted by molar-refractivity contribution is 0.379. The number of hydrogen-bond donors (Lipinski definition) is 0. The molecule has 1 fully saturated rings. The maximum atomic E-state index is 13.0. The van der Waals surface area contributed by atoms with Crippen molar-refractivity contribution < 1.29 is 8.42 Å². The highest BCUT2D eigenvalue weighted by Gasteiger charge is 2.39. The predicted octanol–water partition coefficient (Wildman–Crippen LogP) is 3.95. The highest BCUT2D eigenvalue weighted by molar-refractivity contribution is 7.89. The molecule has 0 aliphatic carbocycles. The number of benzene rings is 2. The highest BCUT2D eigenvalue weighted by Crippen LogP contribution is 2.36. The molecule has 3 nitrogen and oxygen atoms in total. The van der Waals surface area contributed by atoms with E-state index in [1.807, 2.05) is 37.3 Å². The van der Waals surface area contributed by atoms with Crippen LogP contribution < -0.4 is 0 Å². The Kier molecular flexibility index (Phi) is 4.55. The Hall–Kier alpha value is -1.65. The fourth-order valence-corrected chi connectivity index (χ4v) is 5.12. The second-order valence-corrected chi connectivity index (χ2v) is 8.18. The van der Waals surface area contributed by atoms with E-state index in [9.17, 15) is 8.42 Å². The Morgan fingerprint density at radius 1 is 1.04 bits per heavy atom. The summed E-state index contributed by atoms with van der Waals surface area (Å²) in [5.41, 5.74) is 2.30. The van der Waals surface area contributed by atoms with Crippen molar-refractivity contribution in [2.45, 2.75) is 43.5 Å². The van der Waals surface area contributed by atoms with Gasteiger partial charge >= 0.3 is 0 Å². The summed E-state index contributed by atoms with van der Waals surface area (Å²) < 4.78 is 27.7. The molecule has 122 valence electrons. The van der Waals surface area contributed by atoms with Crippen LogP contribution in [0.2, 0.25) is 0 Å². The van der Waals surface area contributed by atoms with Gasteiger partial charge in [0.1, 0.15) is 0 Å². The van der Waals surface area contributed by atoms with Crippen molar-refractivity contribution in [1.29, 1.82) is 0 Å². The zero-order valence-corrected chi connectivity index (χ0v) is 14.5. The van der Waals surface area contributed by atoms with Gasteiger partial charge in [0.05, 0.1) is 4.90 Å². The molecule has 1 saturated heterocycles. The summed E-state index contributed by atoms with van der Waals surface area (Å²) in [6.07, 6.45) is 1.74. The van der Waals surface area contributed by atoms with Crippen LogP contribution in [-0.2, 0) is 10.0 Å². The Morgan fingerprint density at radius 2 is 1.70 bits per heavy atom. The third-order valence-electron chi connectivity index (χ3n) is 4.73. The molecule has 4 heteroatoms. The van der Waals surface area contributed by atoms with Gasteiger partial charge in [0.2, 0.25) is 10.0 Å². The minimum absolute atomic E-state index is 0.0755. The molecule has 0 radical (unpaired) electrons. The van der Waals surface area contributed by atoms with Gasteiger partial charge in [-0.1, -0.05) is 55.0 Å². The van der Waals surface area contributed by atoms with Crippen LogP contribution in [0.25, 0.3) is 0 Å². The van der Waals surface area contributed by atoms with Crippen LogP contribution in [0.3, 0.4) is 0 Å². The minimum atomic E-state index is -3.42. The van der Waals surface area contributed by atoms with Gasteiger partial charge in [-0.05, 0) is 43.4 Å². The van der Waals surface area contributed by atoms with E-state index in [-0.39, 0.29) is 12.0 Å². The normalized spacial score (nSPS) is 22.3. The second kappa shape index (κ2) is 6.46. The molecule has 0 amide bonds. The standard InChI is InChI=1S/C19H23NO2S/c1-3-18-13-17(16-7-5-4-6-8-16)14-20(18)23(21,22)19-11-9-15(2)10-12-19/h4-12,17-18H,3,13-14H2,1-2H3. The Balaban J connectivity index is 1.90. The molecule has 1 heterocycles. The van der Waals surface area contributed by atoms with Gasteiger partial charge < -0.3 is 0 Å². The molecule has 0 spiro atoms. The van der Waals surface area contributed by atoms with E-state index in [1.165, 1.54) is 5.56 Å². The third-order valence-corrected chi connectivity index (χ3v) is 6.67. The third kappa shape index (κ3) is 3.19. The Labute approximate surface area is 139 Å². The number of hydrogen-bond acceptors (Lipinski definition) is 2. The van der Waals surface area contributed by atoms with Gasteiger partial charge in [-0.3, -0.25) is 0 Å². The van der Waals surface area contributed by atoms with Crippen LogP contribution in [0.15, 0.2) is 59.5 Å². The van der Waals surface area contributed by atoms with Crippen molar-refractivity contribution in [2.75, 3.05) is 6.54 Å². The van der Waals surface area contributed by atoms with Crippen LogP contribution in [0.5, 0.6) is 0 Å². The first-order valence-corrected chi connectivity index (χ1v) is 9.60. The maximum Gasteiger partial charge on any atom is 0.243 e. The van der Waals surface area contributed by atoms with Crippen LogP contribution >= 0.6 is 0 Å². The fraction of sp³-hybridized carbons (Fsp3) is 0.368. The summed E-state index contributed by atoms with van der Waals surface area (Å²) in [6, 6.07) is 17.5. The van der Waals surface area contributed by atoms with Gasteiger partial charge in [0.25, 0.3) is 0 Å². The van der Waals surface area contributed by atoms with Gasteiger partial charge in [0, 0.05) is 12.6 Å². The molecule has 0 bridgehead atoms. The van der Waals surface area contributed by atoms with E-state index in [2.05, 4.69) is 19.1 Å². The first kappa shape index (κ1) is 16.2. The predicted molar refractivity (Wildman–Crippen MR) is 92.9 cm³/mol. The first-order chi connectivity index (χ1) is 11.0. The smallest absolute Gasteiger partial charge is 0.207 e. The maximum absolute atomic E-state index is 13.0. The number of aryl methyl sites for hydroxylation is 1. The molecule has 2 aromatic rings. The lowest BCUT2D eigenvalue weighted by atomic mass is 9.96. The van der Waals surface area contributed by atoms with E-state index in [4.69, 9.17) is 0 Å². The van der Waals surface area contributed by atoms with E-state index in [1.54, 1.807) is 16.4 Å². The fourth-order valence-electron chi connectivity index (χ4n) is 3.36. The SMILES string of the molecule is CCC1CC(c2ccccc2)CN1S(=O)(=O)c1ccc(C)cc1. The zero-order chi connectivity index (χ0) is 16.4. The molecule has 1 aliphatic rings. The summed E-state index contributed by atoms with van der Waals surface area (Å²) in [6.45, 7) is 4.60. The van der Waals surface area contributed by atoms with Crippen molar-refractivity contribution in [3.63, 3.8) is 0 Å². The molecule has 0 aromatic heterocycles. The van der Waals surface area contributed by atoms with Crippen LogP contribution in [0, 0.1) is 6.92 Å². The van der Waals surface area contributed by atoms with Crippen LogP contribution in [0.4, 0.5) is 0 Å². The van der Waals surface area contributed by atoms with Crippen LogP contribution in [-0.4, -0.2) is 25.3 Å². The van der Waals surface area contributed by atoms with Crippen molar-refractivity contribution in [2.24, 2.45) is 0 Å². The summed E-state index contributed by atoms with van der Waals surface area (Å²) in [5.74, 6) is 0.279. The summed E-state index contributed by atoms with van der Waals surface area (Å²) in [5, 5.41) is 0. The lowest BCUT2D eigenvalue weighted by Gasteiger charge is -2.23. The Bertz CT molecular complexity index is 754. The minimum Gasteiger partial charge on any atom is -0.207 e. The highest BCUT2D eigenvalue weighted by atomic mass is 32.2. The molecule has 2 atom stereocenters. The molecule has 2 unspecified atom stereocenters. The molecule has 23 heavy (non-hydrogen) atoms.